The van der Waals surface area contributed by atoms with Crippen molar-refractivity contribution in [3.05, 3.63) is 51.2 Å². The van der Waals surface area contributed by atoms with Crippen molar-refractivity contribution in [3.63, 3.8) is 0 Å². The molecule has 20 heavy (non-hydrogen) atoms. The molecule has 0 amide bonds. The normalized spacial score (nSPS) is 10.5. The molecule has 3 nitrogen and oxygen atoms in total. The Kier molecular flexibility index (Phi) is 5.42. The molecule has 1 aromatic heterocycles. The number of thiophene rings is 1. The Bertz CT molecular complexity index is 589. The van der Waals surface area contributed by atoms with Crippen molar-refractivity contribution in [3.8, 4) is 11.8 Å². The zero-order valence-electron chi connectivity index (χ0n) is 11.2. The van der Waals surface area contributed by atoms with Crippen LogP contribution in [0.5, 0.6) is 5.75 Å². The summed E-state index contributed by atoms with van der Waals surface area (Å²) in [6, 6.07) is 13.2. The Morgan fingerprint density at radius 1 is 1.25 bits per heavy atom. The summed E-state index contributed by atoms with van der Waals surface area (Å²) in [5.41, 5.74) is 0.643. The summed E-state index contributed by atoms with van der Waals surface area (Å²) in [7, 11) is 2.05. The molecule has 0 spiro atoms. The van der Waals surface area contributed by atoms with Crippen LogP contribution in [0.3, 0.4) is 0 Å². The molecule has 0 atom stereocenters. The van der Waals surface area contributed by atoms with Crippen molar-refractivity contribution in [2.75, 3.05) is 20.2 Å². The second-order valence-corrected chi connectivity index (χ2v) is 6.23. The van der Waals surface area contributed by atoms with E-state index in [4.69, 9.17) is 21.6 Å². The predicted octanol–water partition coefficient (Wildman–Crippen LogP) is 3.78. The molecule has 1 aromatic carbocycles. The van der Waals surface area contributed by atoms with E-state index in [0.717, 1.165) is 23.2 Å². The van der Waals surface area contributed by atoms with Crippen molar-refractivity contribution in [2.45, 2.75) is 6.54 Å². The van der Waals surface area contributed by atoms with Gasteiger partial charge in [-0.2, -0.15) is 5.26 Å². The summed E-state index contributed by atoms with van der Waals surface area (Å²) in [6.45, 7) is 2.31. The van der Waals surface area contributed by atoms with Gasteiger partial charge in [0.05, 0.1) is 16.0 Å². The lowest BCUT2D eigenvalue weighted by Gasteiger charge is -2.16. The number of rotatable bonds is 6. The molecular weight excluding hydrogens is 292 g/mol. The standard InChI is InChI=1S/C15H15ClN2OS/c1-18(11-14-6-7-15(16)20-14)8-9-19-13-4-2-12(10-17)3-5-13/h2-7H,8-9,11H2,1H3. The molecule has 0 saturated carbocycles. The van der Waals surface area contributed by atoms with Crippen LogP contribution in [0.25, 0.3) is 0 Å². The zero-order valence-corrected chi connectivity index (χ0v) is 12.7. The average Bonchev–Trinajstić information content (AvgIpc) is 2.85. The van der Waals surface area contributed by atoms with Gasteiger partial charge in [0.15, 0.2) is 0 Å². The van der Waals surface area contributed by atoms with Gasteiger partial charge in [-0.1, -0.05) is 11.6 Å². The molecule has 0 aliphatic heterocycles. The first-order valence-electron chi connectivity index (χ1n) is 6.23. The Morgan fingerprint density at radius 3 is 2.60 bits per heavy atom. The third kappa shape index (κ3) is 4.53. The molecule has 104 valence electrons. The Morgan fingerprint density at radius 2 is 2.00 bits per heavy atom. The molecule has 0 unspecified atom stereocenters. The fourth-order valence-corrected chi connectivity index (χ4v) is 2.89. The van der Waals surface area contributed by atoms with E-state index in [1.807, 2.05) is 24.3 Å². The highest BCUT2D eigenvalue weighted by Gasteiger charge is 2.03. The quantitative estimate of drug-likeness (QED) is 0.815. The van der Waals surface area contributed by atoms with Crippen molar-refractivity contribution < 1.29 is 4.74 Å². The topological polar surface area (TPSA) is 36.3 Å². The third-order valence-corrected chi connectivity index (χ3v) is 4.00. The molecule has 0 aliphatic rings. The molecule has 0 aliphatic carbocycles. The number of hydrogen-bond acceptors (Lipinski definition) is 4. The van der Waals surface area contributed by atoms with Crippen LogP contribution in [0.4, 0.5) is 0 Å². The van der Waals surface area contributed by atoms with Crippen molar-refractivity contribution in [1.29, 1.82) is 5.26 Å². The molecule has 2 rings (SSSR count). The molecule has 2 aromatic rings. The second kappa shape index (κ2) is 7.30. The molecule has 0 radical (unpaired) electrons. The van der Waals surface area contributed by atoms with Gasteiger partial charge in [0.2, 0.25) is 0 Å². The maximum absolute atomic E-state index is 8.71. The fraction of sp³-hybridized carbons (Fsp3) is 0.267. The third-order valence-electron chi connectivity index (χ3n) is 2.78. The SMILES string of the molecule is CN(CCOc1ccc(C#N)cc1)Cc1ccc(Cl)s1. The van der Waals surface area contributed by atoms with Crippen molar-refractivity contribution in [1.82, 2.24) is 4.90 Å². The van der Waals surface area contributed by atoms with Crippen LogP contribution in [0.2, 0.25) is 4.34 Å². The largest absolute Gasteiger partial charge is 0.492 e. The number of nitrogens with zero attached hydrogens (tertiary/aromatic N) is 2. The summed E-state index contributed by atoms with van der Waals surface area (Å²) < 4.78 is 6.47. The van der Waals surface area contributed by atoms with Crippen LogP contribution in [0.15, 0.2) is 36.4 Å². The van der Waals surface area contributed by atoms with E-state index in [1.54, 1.807) is 23.5 Å². The average molecular weight is 307 g/mol. The molecule has 0 N–H and O–H groups in total. The molecule has 1 heterocycles. The van der Waals surface area contributed by atoms with Crippen LogP contribution < -0.4 is 4.74 Å². The second-order valence-electron chi connectivity index (χ2n) is 4.43. The van der Waals surface area contributed by atoms with Gasteiger partial charge in [-0.15, -0.1) is 11.3 Å². The summed E-state index contributed by atoms with van der Waals surface area (Å²) in [5.74, 6) is 0.788. The molecular formula is C15H15ClN2OS. The van der Waals surface area contributed by atoms with Gasteiger partial charge in [0.1, 0.15) is 12.4 Å². The maximum Gasteiger partial charge on any atom is 0.119 e. The zero-order chi connectivity index (χ0) is 14.4. The first-order chi connectivity index (χ1) is 9.67. The lowest BCUT2D eigenvalue weighted by Crippen LogP contribution is -2.23. The lowest BCUT2D eigenvalue weighted by atomic mass is 10.2. The number of ether oxygens (including phenoxy) is 1. The van der Waals surface area contributed by atoms with Crippen LogP contribution in [-0.2, 0) is 6.54 Å². The molecule has 0 fully saturated rings. The van der Waals surface area contributed by atoms with E-state index in [1.165, 1.54) is 4.88 Å². The lowest BCUT2D eigenvalue weighted by molar-refractivity contribution is 0.234. The van der Waals surface area contributed by atoms with Gasteiger partial charge in [-0.3, -0.25) is 4.90 Å². The number of likely N-dealkylation sites (N-methyl/N-ethyl adjacent to an activating group) is 1. The number of halogens is 1. The first kappa shape index (κ1) is 14.9. The van der Waals surface area contributed by atoms with Gasteiger partial charge in [0, 0.05) is 18.0 Å². The highest BCUT2D eigenvalue weighted by Crippen LogP contribution is 2.22. The monoisotopic (exact) mass is 306 g/mol. The molecule has 0 bridgehead atoms. The minimum atomic E-state index is 0.613. The van der Waals surface area contributed by atoms with E-state index >= 15 is 0 Å². The number of benzene rings is 1. The van der Waals surface area contributed by atoms with Crippen LogP contribution in [0, 0.1) is 11.3 Å². The number of nitriles is 1. The van der Waals surface area contributed by atoms with Gasteiger partial charge >= 0.3 is 0 Å². The van der Waals surface area contributed by atoms with E-state index in [2.05, 4.69) is 18.0 Å². The Hall–Kier alpha value is -1.54. The van der Waals surface area contributed by atoms with E-state index in [-0.39, 0.29) is 0 Å². The van der Waals surface area contributed by atoms with Crippen LogP contribution in [0.1, 0.15) is 10.4 Å². The van der Waals surface area contributed by atoms with Gasteiger partial charge < -0.3 is 4.74 Å². The minimum Gasteiger partial charge on any atom is -0.492 e. The van der Waals surface area contributed by atoms with Crippen LogP contribution in [-0.4, -0.2) is 25.1 Å². The molecule has 5 heteroatoms. The van der Waals surface area contributed by atoms with E-state index in [0.29, 0.717) is 12.2 Å². The van der Waals surface area contributed by atoms with Crippen molar-refractivity contribution in [2.24, 2.45) is 0 Å². The first-order valence-corrected chi connectivity index (χ1v) is 7.42. The van der Waals surface area contributed by atoms with Gasteiger partial charge in [-0.25, -0.2) is 0 Å². The van der Waals surface area contributed by atoms with E-state index < -0.39 is 0 Å². The highest BCUT2D eigenvalue weighted by atomic mass is 35.5. The van der Waals surface area contributed by atoms with Crippen LogP contribution >= 0.6 is 22.9 Å². The Labute approximate surface area is 128 Å². The highest BCUT2D eigenvalue weighted by molar-refractivity contribution is 7.16. The van der Waals surface area contributed by atoms with Gasteiger partial charge in [0.25, 0.3) is 0 Å². The fourth-order valence-electron chi connectivity index (χ4n) is 1.73. The minimum absolute atomic E-state index is 0.613. The summed E-state index contributed by atoms with van der Waals surface area (Å²) >= 11 is 7.51. The van der Waals surface area contributed by atoms with E-state index in [9.17, 15) is 0 Å². The smallest absolute Gasteiger partial charge is 0.119 e. The summed E-state index contributed by atoms with van der Waals surface area (Å²) in [4.78, 5) is 3.43. The molecule has 0 saturated heterocycles. The van der Waals surface area contributed by atoms with Crippen molar-refractivity contribution >= 4 is 22.9 Å². The maximum atomic E-state index is 8.71. The summed E-state index contributed by atoms with van der Waals surface area (Å²) in [6.07, 6.45) is 0. The summed E-state index contributed by atoms with van der Waals surface area (Å²) in [5, 5.41) is 8.71. The predicted molar refractivity (Wildman–Crippen MR) is 82.3 cm³/mol. The van der Waals surface area contributed by atoms with Gasteiger partial charge in [-0.05, 0) is 43.4 Å². The Balaban J connectivity index is 1.73. The number of hydrogen-bond donors (Lipinski definition) is 0.